The van der Waals surface area contributed by atoms with Crippen molar-refractivity contribution < 1.29 is 14.2 Å². The van der Waals surface area contributed by atoms with E-state index in [2.05, 4.69) is 52.3 Å². The van der Waals surface area contributed by atoms with Gasteiger partial charge in [0.15, 0.2) is 0 Å². The molecule has 0 aliphatic carbocycles. The van der Waals surface area contributed by atoms with Crippen molar-refractivity contribution in [3.8, 4) is 17.2 Å². The van der Waals surface area contributed by atoms with Gasteiger partial charge in [-0.15, -0.1) is 0 Å². The Balaban J connectivity index is 2.00. The Labute approximate surface area is 174 Å². The van der Waals surface area contributed by atoms with Crippen molar-refractivity contribution in [2.75, 3.05) is 21.3 Å². The van der Waals surface area contributed by atoms with Crippen LogP contribution in [0, 0.1) is 0 Å². The summed E-state index contributed by atoms with van der Waals surface area (Å²) >= 11 is 3.52. The van der Waals surface area contributed by atoms with Crippen LogP contribution in [-0.4, -0.2) is 21.3 Å². The van der Waals surface area contributed by atoms with E-state index in [4.69, 9.17) is 14.2 Å². The summed E-state index contributed by atoms with van der Waals surface area (Å²) in [7, 11) is 5.03. The molecule has 0 atom stereocenters. The summed E-state index contributed by atoms with van der Waals surface area (Å²) in [5.41, 5.74) is 4.47. The van der Waals surface area contributed by atoms with Crippen molar-refractivity contribution in [2.45, 2.75) is 6.42 Å². The highest BCUT2D eigenvalue weighted by Crippen LogP contribution is 2.32. The van der Waals surface area contributed by atoms with Gasteiger partial charge in [-0.2, -0.15) is 0 Å². The fraction of sp³-hybridized carbons (Fsp3) is 0.167. The molecule has 144 valence electrons. The van der Waals surface area contributed by atoms with E-state index in [1.54, 1.807) is 21.3 Å². The van der Waals surface area contributed by atoms with Crippen LogP contribution in [0.4, 0.5) is 0 Å². The molecule has 4 heteroatoms. The standard InChI is InChI=1S/C24H23BrO3/c1-26-21-11-8-18(9-12-21)14-23-19(15-22(27-2)16-24(23)28-3)10-7-17-5-4-6-20(25)13-17/h4-13,15-16H,14H2,1-3H3/b10-7+. The van der Waals surface area contributed by atoms with Crippen molar-refractivity contribution in [2.24, 2.45) is 0 Å². The first-order chi connectivity index (χ1) is 13.6. The second-order valence-corrected chi connectivity index (χ2v) is 7.23. The zero-order valence-electron chi connectivity index (χ0n) is 16.2. The number of hydrogen-bond donors (Lipinski definition) is 0. The van der Waals surface area contributed by atoms with Gasteiger partial charge in [-0.3, -0.25) is 0 Å². The first-order valence-electron chi connectivity index (χ1n) is 8.94. The molecule has 3 aromatic rings. The van der Waals surface area contributed by atoms with Gasteiger partial charge >= 0.3 is 0 Å². The molecule has 0 N–H and O–H groups in total. The minimum Gasteiger partial charge on any atom is -0.497 e. The van der Waals surface area contributed by atoms with Crippen LogP contribution >= 0.6 is 15.9 Å². The van der Waals surface area contributed by atoms with Gasteiger partial charge < -0.3 is 14.2 Å². The topological polar surface area (TPSA) is 27.7 Å². The molecule has 0 aliphatic heterocycles. The summed E-state index contributed by atoms with van der Waals surface area (Å²) in [5, 5.41) is 0. The molecule has 0 aliphatic rings. The largest absolute Gasteiger partial charge is 0.497 e. The third-order valence-electron chi connectivity index (χ3n) is 4.52. The number of methoxy groups -OCH3 is 3. The lowest BCUT2D eigenvalue weighted by molar-refractivity contribution is 0.391. The molecule has 0 radical (unpaired) electrons. The third kappa shape index (κ3) is 4.96. The summed E-state index contributed by atoms with van der Waals surface area (Å²) in [6, 6.07) is 20.2. The highest BCUT2D eigenvalue weighted by atomic mass is 79.9. The maximum Gasteiger partial charge on any atom is 0.126 e. The van der Waals surface area contributed by atoms with Crippen LogP contribution < -0.4 is 14.2 Å². The average molecular weight is 439 g/mol. The zero-order valence-corrected chi connectivity index (χ0v) is 17.8. The highest BCUT2D eigenvalue weighted by Gasteiger charge is 2.12. The minimum atomic E-state index is 0.745. The Hall–Kier alpha value is -2.72. The van der Waals surface area contributed by atoms with Crippen LogP contribution in [0.3, 0.4) is 0 Å². The van der Waals surface area contributed by atoms with Crippen LogP contribution in [0.15, 0.2) is 65.1 Å². The van der Waals surface area contributed by atoms with Gasteiger partial charge in [0, 0.05) is 22.5 Å². The van der Waals surface area contributed by atoms with E-state index in [1.807, 2.05) is 36.4 Å². The Morgan fingerprint density at radius 3 is 2.18 bits per heavy atom. The molecule has 3 nitrogen and oxygen atoms in total. The van der Waals surface area contributed by atoms with E-state index < -0.39 is 0 Å². The molecule has 0 saturated carbocycles. The molecule has 28 heavy (non-hydrogen) atoms. The van der Waals surface area contributed by atoms with E-state index in [-0.39, 0.29) is 0 Å². The summed E-state index contributed by atoms with van der Waals surface area (Å²) in [6.07, 6.45) is 4.94. The molecule has 0 spiro atoms. The monoisotopic (exact) mass is 438 g/mol. The molecular weight excluding hydrogens is 416 g/mol. The molecule has 0 bridgehead atoms. The SMILES string of the molecule is COc1ccc(Cc2c(/C=C/c3cccc(Br)c3)cc(OC)cc2OC)cc1. The second kappa shape index (κ2) is 9.47. The van der Waals surface area contributed by atoms with Crippen molar-refractivity contribution in [3.63, 3.8) is 0 Å². The van der Waals surface area contributed by atoms with E-state index >= 15 is 0 Å². The molecular formula is C24H23BrO3. The minimum absolute atomic E-state index is 0.745. The predicted octanol–water partition coefficient (Wildman–Crippen LogP) is 6.24. The quantitative estimate of drug-likeness (QED) is 0.408. The summed E-state index contributed by atoms with van der Waals surface area (Å²) < 4.78 is 17.4. The van der Waals surface area contributed by atoms with Crippen LogP contribution in [0.25, 0.3) is 12.2 Å². The molecule has 0 saturated heterocycles. The Morgan fingerprint density at radius 2 is 1.54 bits per heavy atom. The molecule has 0 aromatic heterocycles. The highest BCUT2D eigenvalue weighted by molar-refractivity contribution is 9.10. The average Bonchev–Trinajstić information content (AvgIpc) is 2.73. The van der Waals surface area contributed by atoms with E-state index in [9.17, 15) is 0 Å². The molecule has 3 rings (SSSR count). The van der Waals surface area contributed by atoms with Gasteiger partial charge in [-0.05, 0) is 47.0 Å². The normalized spacial score (nSPS) is 10.9. The lowest BCUT2D eigenvalue weighted by atomic mass is 9.97. The first-order valence-corrected chi connectivity index (χ1v) is 9.73. The molecule has 0 heterocycles. The van der Waals surface area contributed by atoms with E-state index in [0.29, 0.717) is 0 Å². The van der Waals surface area contributed by atoms with Gasteiger partial charge in [-0.1, -0.05) is 52.3 Å². The summed E-state index contributed by atoms with van der Waals surface area (Å²) in [4.78, 5) is 0. The van der Waals surface area contributed by atoms with Gasteiger partial charge in [0.25, 0.3) is 0 Å². The third-order valence-corrected chi connectivity index (χ3v) is 5.01. The maximum atomic E-state index is 5.67. The van der Waals surface area contributed by atoms with Gasteiger partial charge in [0.05, 0.1) is 21.3 Å². The van der Waals surface area contributed by atoms with E-state index in [0.717, 1.165) is 44.8 Å². The van der Waals surface area contributed by atoms with Crippen LogP contribution in [0.5, 0.6) is 17.2 Å². The van der Waals surface area contributed by atoms with Crippen molar-refractivity contribution >= 4 is 28.1 Å². The predicted molar refractivity (Wildman–Crippen MR) is 118 cm³/mol. The summed E-state index contributed by atoms with van der Waals surface area (Å²) in [6.45, 7) is 0. The Bertz CT molecular complexity index is 962. The number of halogens is 1. The molecule has 0 fully saturated rings. The maximum absolute atomic E-state index is 5.67. The van der Waals surface area contributed by atoms with Gasteiger partial charge in [0.1, 0.15) is 17.2 Å². The van der Waals surface area contributed by atoms with Crippen molar-refractivity contribution in [1.82, 2.24) is 0 Å². The lowest BCUT2D eigenvalue weighted by Crippen LogP contribution is -1.99. The fourth-order valence-electron chi connectivity index (χ4n) is 3.02. The number of benzene rings is 3. The smallest absolute Gasteiger partial charge is 0.126 e. The van der Waals surface area contributed by atoms with Crippen LogP contribution in [-0.2, 0) is 6.42 Å². The molecule has 0 unspecified atom stereocenters. The number of rotatable bonds is 7. The van der Waals surface area contributed by atoms with Crippen LogP contribution in [0.1, 0.15) is 22.3 Å². The lowest BCUT2D eigenvalue weighted by Gasteiger charge is -2.15. The van der Waals surface area contributed by atoms with Gasteiger partial charge in [-0.25, -0.2) is 0 Å². The number of hydrogen-bond acceptors (Lipinski definition) is 3. The zero-order chi connectivity index (χ0) is 19.9. The van der Waals surface area contributed by atoms with Gasteiger partial charge in [0.2, 0.25) is 0 Å². The Morgan fingerprint density at radius 1 is 0.786 bits per heavy atom. The fourth-order valence-corrected chi connectivity index (χ4v) is 3.44. The number of ether oxygens (including phenoxy) is 3. The van der Waals surface area contributed by atoms with Crippen molar-refractivity contribution in [1.29, 1.82) is 0 Å². The molecule has 0 amide bonds. The van der Waals surface area contributed by atoms with E-state index in [1.165, 1.54) is 5.56 Å². The second-order valence-electron chi connectivity index (χ2n) is 6.31. The molecule has 3 aromatic carbocycles. The Kier molecular flexibility index (Phi) is 6.77. The van der Waals surface area contributed by atoms with Crippen molar-refractivity contribution in [3.05, 3.63) is 87.4 Å². The summed E-state index contributed by atoms with van der Waals surface area (Å²) in [5.74, 6) is 2.42. The first kappa shape index (κ1) is 20.0. The van der Waals surface area contributed by atoms with Crippen LogP contribution in [0.2, 0.25) is 0 Å².